The summed E-state index contributed by atoms with van der Waals surface area (Å²) in [5.41, 5.74) is 0.734. The van der Waals surface area contributed by atoms with Crippen molar-refractivity contribution in [2.45, 2.75) is 0 Å². The SMILES string of the molecule is Cl.O=C(NCC1CNC1)c1cc(Br)cc2ccccc12. The Hall–Kier alpha value is -1.10. The van der Waals surface area contributed by atoms with Crippen molar-refractivity contribution >= 4 is 45.0 Å². The summed E-state index contributed by atoms with van der Waals surface area (Å²) in [7, 11) is 0. The third kappa shape index (κ3) is 3.14. The Morgan fingerprint density at radius 2 is 2.05 bits per heavy atom. The first-order valence-corrected chi connectivity index (χ1v) is 7.20. The Bertz CT molecular complexity index is 628. The van der Waals surface area contributed by atoms with Crippen molar-refractivity contribution in [2.75, 3.05) is 19.6 Å². The monoisotopic (exact) mass is 354 g/mol. The zero-order valence-electron chi connectivity index (χ0n) is 10.9. The summed E-state index contributed by atoms with van der Waals surface area (Å²) in [6.45, 7) is 2.74. The second kappa shape index (κ2) is 6.57. The van der Waals surface area contributed by atoms with Gasteiger partial charge in [0.1, 0.15) is 0 Å². The van der Waals surface area contributed by atoms with E-state index in [1.165, 1.54) is 0 Å². The molecule has 3 rings (SSSR count). The third-order valence-corrected chi connectivity index (χ3v) is 3.95. The molecule has 2 aromatic carbocycles. The molecule has 1 aliphatic rings. The molecule has 3 nitrogen and oxygen atoms in total. The van der Waals surface area contributed by atoms with E-state index >= 15 is 0 Å². The van der Waals surface area contributed by atoms with Gasteiger partial charge in [-0.05, 0) is 22.9 Å². The van der Waals surface area contributed by atoms with E-state index in [2.05, 4.69) is 26.6 Å². The van der Waals surface area contributed by atoms with E-state index < -0.39 is 0 Å². The summed E-state index contributed by atoms with van der Waals surface area (Å²) >= 11 is 3.47. The number of carbonyl (C=O) groups excluding carboxylic acids is 1. The average molecular weight is 356 g/mol. The van der Waals surface area contributed by atoms with E-state index in [1.54, 1.807) is 0 Å². The lowest BCUT2D eigenvalue weighted by Crippen LogP contribution is -2.48. The van der Waals surface area contributed by atoms with Crippen molar-refractivity contribution in [2.24, 2.45) is 5.92 Å². The van der Waals surface area contributed by atoms with Gasteiger partial charge in [0.2, 0.25) is 0 Å². The summed E-state index contributed by atoms with van der Waals surface area (Å²) in [5, 5.41) is 8.30. The van der Waals surface area contributed by atoms with Gasteiger partial charge in [-0.2, -0.15) is 0 Å². The average Bonchev–Trinajstić information content (AvgIpc) is 2.35. The molecule has 20 heavy (non-hydrogen) atoms. The van der Waals surface area contributed by atoms with Crippen LogP contribution in [0.25, 0.3) is 10.8 Å². The minimum atomic E-state index is 0. The molecule has 2 aromatic rings. The van der Waals surface area contributed by atoms with E-state index in [-0.39, 0.29) is 18.3 Å². The third-order valence-electron chi connectivity index (χ3n) is 3.49. The second-order valence-corrected chi connectivity index (χ2v) is 5.82. The van der Waals surface area contributed by atoms with Crippen LogP contribution in [0.2, 0.25) is 0 Å². The first kappa shape index (κ1) is 15.3. The Morgan fingerprint density at radius 3 is 2.75 bits per heavy atom. The maximum Gasteiger partial charge on any atom is 0.251 e. The lowest BCUT2D eigenvalue weighted by molar-refractivity contribution is 0.0944. The number of amides is 1. The highest BCUT2D eigenvalue weighted by atomic mass is 79.9. The summed E-state index contributed by atoms with van der Waals surface area (Å²) < 4.78 is 0.932. The van der Waals surface area contributed by atoms with Crippen LogP contribution in [0.15, 0.2) is 40.9 Å². The molecule has 1 fully saturated rings. The molecule has 0 radical (unpaired) electrons. The molecule has 0 spiro atoms. The van der Waals surface area contributed by atoms with Crippen LogP contribution in [0, 0.1) is 5.92 Å². The van der Waals surface area contributed by atoms with Gasteiger partial charge in [0.15, 0.2) is 0 Å². The zero-order valence-corrected chi connectivity index (χ0v) is 13.3. The van der Waals surface area contributed by atoms with Gasteiger partial charge in [-0.25, -0.2) is 0 Å². The number of carbonyl (C=O) groups is 1. The maximum absolute atomic E-state index is 12.3. The fourth-order valence-corrected chi connectivity index (χ4v) is 2.76. The van der Waals surface area contributed by atoms with Gasteiger partial charge in [-0.3, -0.25) is 4.79 Å². The van der Waals surface area contributed by atoms with E-state index in [9.17, 15) is 4.79 Å². The normalized spacial score (nSPS) is 14.4. The Morgan fingerprint density at radius 1 is 1.30 bits per heavy atom. The summed E-state index contributed by atoms with van der Waals surface area (Å²) in [4.78, 5) is 12.3. The van der Waals surface area contributed by atoms with Crippen LogP contribution < -0.4 is 10.6 Å². The molecule has 2 N–H and O–H groups in total. The molecule has 0 bridgehead atoms. The van der Waals surface area contributed by atoms with Crippen LogP contribution in [-0.4, -0.2) is 25.5 Å². The van der Waals surface area contributed by atoms with Crippen LogP contribution >= 0.6 is 28.3 Å². The number of fused-ring (bicyclic) bond motifs is 1. The Labute approximate surface area is 132 Å². The van der Waals surface area contributed by atoms with Crippen molar-refractivity contribution in [3.63, 3.8) is 0 Å². The van der Waals surface area contributed by atoms with Crippen LogP contribution in [0.5, 0.6) is 0 Å². The molecule has 0 unspecified atom stereocenters. The highest BCUT2D eigenvalue weighted by molar-refractivity contribution is 9.10. The van der Waals surface area contributed by atoms with Crippen molar-refractivity contribution in [3.05, 3.63) is 46.4 Å². The number of hydrogen-bond acceptors (Lipinski definition) is 2. The number of nitrogens with one attached hydrogen (secondary N) is 2. The summed E-state index contributed by atoms with van der Waals surface area (Å²) in [6, 6.07) is 11.9. The van der Waals surface area contributed by atoms with Crippen LogP contribution in [0.4, 0.5) is 0 Å². The molecular formula is C15H16BrClN2O. The first-order valence-electron chi connectivity index (χ1n) is 6.41. The predicted molar refractivity (Wildman–Crippen MR) is 87.6 cm³/mol. The molecule has 0 atom stereocenters. The highest BCUT2D eigenvalue weighted by Gasteiger charge is 2.18. The van der Waals surface area contributed by atoms with Gasteiger partial charge in [0.25, 0.3) is 5.91 Å². The summed E-state index contributed by atoms with van der Waals surface area (Å²) in [6.07, 6.45) is 0. The van der Waals surface area contributed by atoms with E-state index in [0.717, 1.165) is 40.4 Å². The van der Waals surface area contributed by atoms with Crippen LogP contribution in [0.3, 0.4) is 0 Å². The van der Waals surface area contributed by atoms with Gasteiger partial charge in [-0.15, -0.1) is 12.4 Å². The highest BCUT2D eigenvalue weighted by Crippen LogP contribution is 2.24. The van der Waals surface area contributed by atoms with Crippen LogP contribution in [0.1, 0.15) is 10.4 Å². The van der Waals surface area contributed by atoms with E-state index in [0.29, 0.717) is 5.92 Å². The molecule has 5 heteroatoms. The molecule has 1 heterocycles. The minimum Gasteiger partial charge on any atom is -0.352 e. The number of halogens is 2. The largest absolute Gasteiger partial charge is 0.352 e. The molecular weight excluding hydrogens is 340 g/mol. The van der Waals surface area contributed by atoms with Gasteiger partial charge in [0.05, 0.1) is 0 Å². The molecule has 0 aliphatic carbocycles. The topological polar surface area (TPSA) is 41.1 Å². The van der Waals surface area contributed by atoms with E-state index in [4.69, 9.17) is 0 Å². The Balaban J connectivity index is 0.00000147. The lowest BCUT2D eigenvalue weighted by atomic mass is 10.0. The van der Waals surface area contributed by atoms with Crippen molar-refractivity contribution in [1.82, 2.24) is 10.6 Å². The Kier molecular flexibility index (Phi) is 5.02. The predicted octanol–water partition coefficient (Wildman–Crippen LogP) is 2.97. The molecule has 1 amide bonds. The fraction of sp³-hybridized carbons (Fsp3) is 0.267. The van der Waals surface area contributed by atoms with Gasteiger partial charge in [-0.1, -0.05) is 40.2 Å². The van der Waals surface area contributed by atoms with Gasteiger partial charge in [0, 0.05) is 35.6 Å². The fourth-order valence-electron chi connectivity index (χ4n) is 2.29. The minimum absolute atomic E-state index is 0. The van der Waals surface area contributed by atoms with Crippen LogP contribution in [-0.2, 0) is 0 Å². The van der Waals surface area contributed by atoms with Gasteiger partial charge >= 0.3 is 0 Å². The van der Waals surface area contributed by atoms with Crippen molar-refractivity contribution in [3.8, 4) is 0 Å². The zero-order chi connectivity index (χ0) is 13.2. The molecule has 0 aromatic heterocycles. The smallest absolute Gasteiger partial charge is 0.251 e. The van der Waals surface area contributed by atoms with Crippen molar-refractivity contribution in [1.29, 1.82) is 0 Å². The molecule has 1 saturated heterocycles. The lowest BCUT2D eigenvalue weighted by Gasteiger charge is -2.27. The molecule has 1 aliphatic heterocycles. The number of hydrogen-bond donors (Lipinski definition) is 2. The summed E-state index contributed by atoms with van der Waals surface area (Å²) in [5.74, 6) is 0.576. The maximum atomic E-state index is 12.3. The number of rotatable bonds is 3. The second-order valence-electron chi connectivity index (χ2n) is 4.91. The quantitative estimate of drug-likeness (QED) is 0.889. The molecule has 106 valence electrons. The number of benzene rings is 2. The van der Waals surface area contributed by atoms with Crippen molar-refractivity contribution < 1.29 is 4.79 Å². The standard InChI is InChI=1S/C15H15BrN2O.ClH/c16-12-5-11-3-1-2-4-13(11)14(6-12)15(19)18-9-10-7-17-8-10;/h1-6,10,17H,7-9H2,(H,18,19);1H. The van der Waals surface area contributed by atoms with E-state index in [1.807, 2.05) is 36.4 Å². The first-order chi connectivity index (χ1) is 9.24. The molecule has 0 saturated carbocycles. The van der Waals surface area contributed by atoms with Gasteiger partial charge < -0.3 is 10.6 Å².